The topological polar surface area (TPSA) is 41.9 Å². The second kappa shape index (κ2) is 8.90. The maximum absolute atomic E-state index is 12.9. The van der Waals surface area contributed by atoms with Crippen LogP contribution in [0.5, 0.6) is 0 Å². The molecule has 4 nitrogen and oxygen atoms in total. The highest BCUT2D eigenvalue weighted by Crippen LogP contribution is 2.27. The molecule has 33 heavy (non-hydrogen) atoms. The quantitative estimate of drug-likeness (QED) is 0.358. The van der Waals surface area contributed by atoms with E-state index in [2.05, 4.69) is 38.2 Å². The molecule has 1 aliphatic rings. The van der Waals surface area contributed by atoms with E-state index in [4.69, 9.17) is 0 Å². The van der Waals surface area contributed by atoms with Crippen LogP contribution in [-0.2, 0) is 13.1 Å². The van der Waals surface area contributed by atoms with Gasteiger partial charge in [0, 0.05) is 49.1 Å². The van der Waals surface area contributed by atoms with E-state index < -0.39 is 6.43 Å². The number of aryl methyl sites for hydroxylation is 1. The third-order valence-electron chi connectivity index (χ3n) is 5.73. The number of alkyl halides is 2. The van der Waals surface area contributed by atoms with Crippen LogP contribution in [0.25, 0.3) is 28.5 Å². The maximum atomic E-state index is 12.9. The van der Waals surface area contributed by atoms with Gasteiger partial charge in [-0.1, -0.05) is 24.3 Å². The summed E-state index contributed by atoms with van der Waals surface area (Å²) >= 11 is 0. The molecule has 0 atom stereocenters. The molecule has 0 radical (unpaired) electrons. The number of rotatable bonds is 5. The first-order chi connectivity index (χ1) is 16.0. The predicted molar refractivity (Wildman–Crippen MR) is 125 cm³/mol. The van der Waals surface area contributed by atoms with Crippen LogP contribution in [0.15, 0.2) is 79.4 Å². The minimum atomic E-state index is -2.57. The van der Waals surface area contributed by atoms with Crippen molar-refractivity contribution in [2.24, 2.45) is 0 Å². The molecule has 0 fully saturated rings. The number of hydrogen-bond donors (Lipinski definition) is 0. The Balaban J connectivity index is 1.29. The highest BCUT2D eigenvalue weighted by atomic mass is 19.3. The lowest BCUT2D eigenvalue weighted by molar-refractivity contribution is 0.146. The van der Waals surface area contributed by atoms with Crippen molar-refractivity contribution >= 4 is 6.08 Å². The van der Waals surface area contributed by atoms with Crippen LogP contribution in [0.4, 0.5) is 8.78 Å². The number of pyridine rings is 3. The Morgan fingerprint density at radius 1 is 0.879 bits per heavy atom. The Labute approximate surface area is 191 Å². The van der Waals surface area contributed by atoms with Crippen molar-refractivity contribution in [3.63, 3.8) is 0 Å². The van der Waals surface area contributed by atoms with Crippen LogP contribution in [0.2, 0.25) is 0 Å². The van der Waals surface area contributed by atoms with Gasteiger partial charge in [-0.05, 0) is 71.1 Å². The smallest absolute Gasteiger partial charge is 0.280 e. The molecule has 4 aromatic rings. The largest absolute Gasteiger partial charge is 0.369 e. The monoisotopic (exact) mass is 440 g/mol. The summed E-state index contributed by atoms with van der Waals surface area (Å²) in [7, 11) is 0. The summed E-state index contributed by atoms with van der Waals surface area (Å²) in [6, 6.07) is 17.3. The minimum absolute atomic E-state index is 0.204. The summed E-state index contributed by atoms with van der Waals surface area (Å²) < 4.78 is 25.9. The highest BCUT2D eigenvalue weighted by molar-refractivity contribution is 5.66. The third-order valence-corrected chi connectivity index (χ3v) is 5.73. The average Bonchev–Trinajstić information content (AvgIpc) is 2.84. The van der Waals surface area contributed by atoms with Gasteiger partial charge in [-0.3, -0.25) is 15.0 Å². The van der Waals surface area contributed by atoms with Gasteiger partial charge in [-0.15, -0.1) is 0 Å². The van der Waals surface area contributed by atoms with Crippen LogP contribution in [0.3, 0.4) is 0 Å². The molecule has 164 valence electrons. The van der Waals surface area contributed by atoms with Crippen molar-refractivity contribution in [2.75, 3.05) is 0 Å². The van der Waals surface area contributed by atoms with Gasteiger partial charge >= 0.3 is 0 Å². The molecule has 0 unspecified atom stereocenters. The fourth-order valence-electron chi connectivity index (χ4n) is 4.00. The average molecular weight is 440 g/mol. The predicted octanol–water partition coefficient (Wildman–Crippen LogP) is 6.44. The number of aromatic nitrogens is 3. The van der Waals surface area contributed by atoms with E-state index in [1.54, 1.807) is 12.3 Å². The fourth-order valence-corrected chi connectivity index (χ4v) is 4.00. The molecule has 5 rings (SSSR count). The normalized spacial score (nSPS) is 12.8. The lowest BCUT2D eigenvalue weighted by Gasteiger charge is -2.25. The van der Waals surface area contributed by atoms with Gasteiger partial charge < -0.3 is 4.90 Å². The van der Waals surface area contributed by atoms with Crippen molar-refractivity contribution in [3.8, 4) is 22.4 Å². The molecule has 0 N–H and O–H groups in total. The molecule has 0 bridgehead atoms. The van der Waals surface area contributed by atoms with Crippen molar-refractivity contribution in [3.05, 3.63) is 107 Å². The summed E-state index contributed by atoms with van der Waals surface area (Å²) in [6.45, 7) is 3.50. The molecule has 6 heteroatoms. The Hall–Kier alpha value is -3.93. The van der Waals surface area contributed by atoms with E-state index in [1.165, 1.54) is 23.4 Å². The van der Waals surface area contributed by atoms with E-state index in [0.717, 1.165) is 46.7 Å². The van der Waals surface area contributed by atoms with E-state index in [-0.39, 0.29) is 5.69 Å². The Kier molecular flexibility index (Phi) is 5.65. The van der Waals surface area contributed by atoms with E-state index in [9.17, 15) is 8.78 Å². The summed E-state index contributed by atoms with van der Waals surface area (Å²) in [5, 5.41) is 0. The van der Waals surface area contributed by atoms with Gasteiger partial charge in [0.2, 0.25) is 0 Å². The molecule has 3 aromatic heterocycles. The first-order valence-corrected chi connectivity index (χ1v) is 10.7. The molecular formula is C27H22F2N4. The lowest BCUT2D eigenvalue weighted by atomic mass is 10.0. The molecular weight excluding hydrogens is 418 g/mol. The summed E-state index contributed by atoms with van der Waals surface area (Å²) in [5.41, 5.74) is 7.91. The van der Waals surface area contributed by atoms with Gasteiger partial charge in [0.15, 0.2) is 0 Å². The van der Waals surface area contributed by atoms with Crippen molar-refractivity contribution in [1.29, 1.82) is 0 Å². The molecule has 0 saturated heterocycles. The Morgan fingerprint density at radius 2 is 1.67 bits per heavy atom. The molecule has 0 amide bonds. The lowest BCUT2D eigenvalue weighted by Crippen LogP contribution is -2.19. The first-order valence-electron chi connectivity index (χ1n) is 10.7. The van der Waals surface area contributed by atoms with Crippen molar-refractivity contribution in [2.45, 2.75) is 26.4 Å². The van der Waals surface area contributed by atoms with Gasteiger partial charge in [-0.2, -0.15) is 0 Å². The third kappa shape index (κ3) is 4.65. The van der Waals surface area contributed by atoms with Crippen LogP contribution < -0.4 is 0 Å². The number of hydrogen-bond acceptors (Lipinski definition) is 4. The second-order valence-corrected chi connectivity index (χ2v) is 8.14. The summed E-state index contributed by atoms with van der Waals surface area (Å²) in [6.07, 6.45) is 6.84. The van der Waals surface area contributed by atoms with Gasteiger partial charge in [0.25, 0.3) is 6.43 Å². The van der Waals surface area contributed by atoms with Crippen LogP contribution >= 0.6 is 0 Å². The Morgan fingerprint density at radius 3 is 2.45 bits per heavy atom. The molecule has 4 heterocycles. The minimum Gasteiger partial charge on any atom is -0.369 e. The number of nitrogens with zero attached hydrogens (tertiary/aromatic N) is 4. The second-order valence-electron chi connectivity index (χ2n) is 8.14. The standard InChI is InChI=1S/C27H22F2N4/c1-18-12-23(7-9-30-18)25-13-22-8-11-33(17-24(22)15-32-25)16-19-2-4-20(5-3-19)21-6-10-31-26(14-21)27(28)29/h2-15,27H,16-17H2,1H3. The van der Waals surface area contributed by atoms with Crippen molar-refractivity contribution < 1.29 is 8.78 Å². The molecule has 0 aliphatic carbocycles. The van der Waals surface area contributed by atoms with Crippen LogP contribution in [-0.4, -0.2) is 19.9 Å². The van der Waals surface area contributed by atoms with Crippen LogP contribution in [0.1, 0.15) is 34.5 Å². The fraction of sp³-hybridized carbons (Fsp3) is 0.148. The number of benzene rings is 1. The summed E-state index contributed by atoms with van der Waals surface area (Å²) in [4.78, 5) is 14.9. The highest BCUT2D eigenvalue weighted by Gasteiger charge is 2.14. The number of halogens is 2. The van der Waals surface area contributed by atoms with Crippen LogP contribution in [0, 0.1) is 6.92 Å². The SMILES string of the molecule is Cc1cc(-c2cc3c(cn2)CN(Cc2ccc(-c4ccnc(C(F)F)c4)cc2)C=C3)ccn1. The zero-order chi connectivity index (χ0) is 22.8. The van der Waals surface area contributed by atoms with E-state index in [0.29, 0.717) is 0 Å². The zero-order valence-corrected chi connectivity index (χ0v) is 18.1. The maximum Gasteiger partial charge on any atom is 0.280 e. The van der Waals surface area contributed by atoms with Gasteiger partial charge in [0.05, 0.1) is 5.69 Å². The van der Waals surface area contributed by atoms with Gasteiger partial charge in [-0.25, -0.2) is 8.78 Å². The molecule has 0 saturated carbocycles. The molecule has 1 aliphatic heterocycles. The Bertz CT molecular complexity index is 1320. The number of fused-ring (bicyclic) bond motifs is 1. The van der Waals surface area contributed by atoms with E-state index >= 15 is 0 Å². The zero-order valence-electron chi connectivity index (χ0n) is 18.1. The van der Waals surface area contributed by atoms with E-state index in [1.807, 2.05) is 49.5 Å². The van der Waals surface area contributed by atoms with Crippen molar-refractivity contribution in [1.82, 2.24) is 19.9 Å². The summed E-state index contributed by atoms with van der Waals surface area (Å²) in [5.74, 6) is 0. The molecule has 1 aromatic carbocycles. The molecule has 0 spiro atoms. The first kappa shape index (κ1) is 20.9. The van der Waals surface area contributed by atoms with Gasteiger partial charge in [0.1, 0.15) is 5.69 Å².